The van der Waals surface area contributed by atoms with E-state index >= 15 is 0 Å². The molecule has 184 valence electrons. The summed E-state index contributed by atoms with van der Waals surface area (Å²) in [5.74, 6) is -0.346. The largest absolute Gasteiger partial charge is 0.491 e. The Bertz CT molecular complexity index is 1350. The Morgan fingerprint density at radius 2 is 1.72 bits per heavy atom. The number of ether oxygens (including phenoxy) is 3. The lowest BCUT2D eigenvalue weighted by Gasteiger charge is -2.22. The first-order chi connectivity index (χ1) is 17.6. The number of nitrogens with zero attached hydrogens (tertiary/aromatic N) is 2. The van der Waals surface area contributed by atoms with E-state index in [0.717, 1.165) is 48.3 Å². The maximum Gasteiger partial charge on any atom is 0.338 e. The molecule has 0 spiro atoms. The number of aromatic carboxylic acids is 1. The molecule has 5 rings (SSSR count). The summed E-state index contributed by atoms with van der Waals surface area (Å²) in [4.78, 5) is 20.5. The first-order valence-electron chi connectivity index (χ1n) is 11.8. The number of rotatable bonds is 8. The maximum absolute atomic E-state index is 11.9. The van der Waals surface area contributed by atoms with Gasteiger partial charge in [-0.05, 0) is 48.6 Å². The van der Waals surface area contributed by atoms with E-state index in [-0.39, 0.29) is 16.9 Å². The average Bonchev–Trinajstić information content (AvgIpc) is 2.91. The van der Waals surface area contributed by atoms with E-state index in [4.69, 9.17) is 25.8 Å². The fourth-order valence-electron chi connectivity index (χ4n) is 4.23. The second-order valence-corrected chi connectivity index (χ2v) is 8.84. The number of carboxylic acid groups (broad SMARTS) is 1. The van der Waals surface area contributed by atoms with E-state index in [1.165, 1.54) is 6.20 Å². The van der Waals surface area contributed by atoms with Crippen molar-refractivity contribution in [2.75, 3.05) is 19.8 Å². The number of fused-ring (bicyclic) bond motifs is 1. The molecule has 0 saturated carbocycles. The number of carbonyl (C=O) groups is 1. The van der Waals surface area contributed by atoms with Crippen LogP contribution in [0.1, 0.15) is 29.6 Å². The summed E-state index contributed by atoms with van der Waals surface area (Å²) in [6, 6.07) is 17.2. The van der Waals surface area contributed by atoms with Crippen LogP contribution in [-0.2, 0) is 9.47 Å². The number of halogens is 1. The minimum Gasteiger partial charge on any atom is -0.491 e. The molecule has 2 aromatic carbocycles. The van der Waals surface area contributed by atoms with Gasteiger partial charge in [0.25, 0.3) is 0 Å². The van der Waals surface area contributed by atoms with Gasteiger partial charge in [0.2, 0.25) is 0 Å². The zero-order chi connectivity index (χ0) is 24.9. The predicted molar refractivity (Wildman–Crippen MR) is 137 cm³/mol. The molecule has 3 heterocycles. The second-order valence-electron chi connectivity index (χ2n) is 8.46. The Labute approximate surface area is 213 Å². The Hall–Kier alpha value is -3.52. The molecule has 1 aliphatic heterocycles. The fraction of sp³-hybridized carbons (Fsp3) is 0.250. The zero-order valence-electron chi connectivity index (χ0n) is 19.5. The zero-order valence-corrected chi connectivity index (χ0v) is 20.3. The van der Waals surface area contributed by atoms with Crippen molar-refractivity contribution in [3.05, 3.63) is 77.6 Å². The van der Waals surface area contributed by atoms with Gasteiger partial charge in [-0.25, -0.2) is 9.78 Å². The number of carboxylic acids is 1. The van der Waals surface area contributed by atoms with E-state index in [1.54, 1.807) is 12.3 Å². The topological polar surface area (TPSA) is 90.8 Å². The van der Waals surface area contributed by atoms with Crippen molar-refractivity contribution in [3.63, 3.8) is 0 Å². The van der Waals surface area contributed by atoms with Crippen LogP contribution in [0.3, 0.4) is 0 Å². The van der Waals surface area contributed by atoms with Crippen LogP contribution in [0.2, 0.25) is 5.02 Å². The molecule has 0 radical (unpaired) electrons. The van der Waals surface area contributed by atoms with E-state index in [9.17, 15) is 9.90 Å². The van der Waals surface area contributed by atoms with Crippen molar-refractivity contribution in [2.45, 2.75) is 25.6 Å². The molecule has 2 aromatic heterocycles. The molecule has 0 amide bonds. The van der Waals surface area contributed by atoms with Crippen molar-refractivity contribution in [1.29, 1.82) is 0 Å². The van der Waals surface area contributed by atoms with Crippen LogP contribution in [-0.4, -0.2) is 47.2 Å². The number of aromatic nitrogens is 2. The van der Waals surface area contributed by atoms with E-state index in [1.807, 2.05) is 48.5 Å². The number of benzene rings is 2. The SMILES string of the molecule is O=C(O)c1c(Cl)c(-c2ccc(-c3ccc(OCCOC4CCCCO4)cc3)cc2)nc2ccncc12. The quantitative estimate of drug-likeness (QED) is 0.284. The summed E-state index contributed by atoms with van der Waals surface area (Å²) in [5.41, 5.74) is 3.70. The number of hydrogen-bond acceptors (Lipinski definition) is 6. The molecular formula is C28H25ClN2O5. The van der Waals surface area contributed by atoms with Gasteiger partial charge in [-0.1, -0.05) is 48.0 Å². The van der Waals surface area contributed by atoms with Crippen molar-refractivity contribution < 1.29 is 24.1 Å². The minimum atomic E-state index is -1.12. The summed E-state index contributed by atoms with van der Waals surface area (Å²) in [7, 11) is 0. The van der Waals surface area contributed by atoms with Crippen LogP contribution in [0.15, 0.2) is 67.0 Å². The molecule has 1 atom stereocenters. The van der Waals surface area contributed by atoms with Crippen LogP contribution >= 0.6 is 11.6 Å². The molecule has 1 fully saturated rings. The van der Waals surface area contributed by atoms with Gasteiger partial charge >= 0.3 is 5.97 Å². The monoisotopic (exact) mass is 504 g/mol. The maximum atomic E-state index is 11.9. The third-order valence-electron chi connectivity index (χ3n) is 6.08. The molecule has 1 aliphatic rings. The number of hydrogen-bond donors (Lipinski definition) is 1. The molecule has 1 unspecified atom stereocenters. The first kappa shape index (κ1) is 24.2. The van der Waals surface area contributed by atoms with Gasteiger partial charge in [-0.2, -0.15) is 0 Å². The molecule has 0 bridgehead atoms. The molecule has 8 heteroatoms. The summed E-state index contributed by atoms with van der Waals surface area (Å²) in [5, 5.41) is 10.2. The van der Waals surface area contributed by atoms with Gasteiger partial charge in [0.05, 0.1) is 28.4 Å². The highest BCUT2D eigenvalue weighted by atomic mass is 35.5. The molecule has 36 heavy (non-hydrogen) atoms. The number of pyridine rings is 2. The van der Waals surface area contributed by atoms with Gasteiger partial charge in [-0.3, -0.25) is 4.98 Å². The normalized spacial score (nSPS) is 15.6. The third-order valence-corrected chi connectivity index (χ3v) is 6.45. The summed E-state index contributed by atoms with van der Waals surface area (Å²) < 4.78 is 17.0. The van der Waals surface area contributed by atoms with Gasteiger partial charge in [0, 0.05) is 30.0 Å². The average molecular weight is 505 g/mol. The Kier molecular flexibility index (Phi) is 7.41. The first-order valence-corrected chi connectivity index (χ1v) is 12.2. The summed E-state index contributed by atoms with van der Waals surface area (Å²) in [6.07, 6.45) is 6.11. The second kappa shape index (κ2) is 11.0. The molecule has 1 N–H and O–H groups in total. The Balaban J connectivity index is 1.27. The van der Waals surface area contributed by atoms with E-state index in [2.05, 4.69) is 9.97 Å². The lowest BCUT2D eigenvalue weighted by Crippen LogP contribution is -2.24. The van der Waals surface area contributed by atoms with E-state index < -0.39 is 5.97 Å². The molecular weight excluding hydrogens is 480 g/mol. The van der Waals surface area contributed by atoms with Gasteiger partial charge in [0.1, 0.15) is 12.4 Å². The highest BCUT2D eigenvalue weighted by molar-refractivity contribution is 6.37. The van der Waals surface area contributed by atoms with Crippen LogP contribution < -0.4 is 4.74 Å². The summed E-state index contributed by atoms with van der Waals surface area (Å²) >= 11 is 6.49. The minimum absolute atomic E-state index is 0.00102. The highest BCUT2D eigenvalue weighted by Gasteiger charge is 2.20. The van der Waals surface area contributed by atoms with Crippen LogP contribution in [0, 0.1) is 0 Å². The molecule has 0 aliphatic carbocycles. The van der Waals surface area contributed by atoms with Crippen LogP contribution in [0.5, 0.6) is 5.75 Å². The van der Waals surface area contributed by atoms with Crippen molar-refractivity contribution in [3.8, 4) is 28.1 Å². The lowest BCUT2D eigenvalue weighted by atomic mass is 10.0. The Morgan fingerprint density at radius 3 is 2.42 bits per heavy atom. The Morgan fingerprint density at radius 1 is 1.00 bits per heavy atom. The third kappa shape index (κ3) is 5.33. The molecule has 7 nitrogen and oxygen atoms in total. The standard InChI is InChI=1S/C28H25ClN2O5/c29-26-25(28(32)33)22-17-30-13-12-23(22)31-27(26)20-6-4-18(5-7-20)19-8-10-21(11-9-19)34-15-16-36-24-3-1-2-14-35-24/h4-13,17,24H,1-3,14-16H2,(H,32,33). The fourth-order valence-corrected chi connectivity index (χ4v) is 4.56. The molecule has 1 saturated heterocycles. The lowest BCUT2D eigenvalue weighted by molar-refractivity contribution is -0.165. The molecule has 4 aromatic rings. The highest BCUT2D eigenvalue weighted by Crippen LogP contribution is 2.34. The van der Waals surface area contributed by atoms with Crippen LogP contribution in [0.4, 0.5) is 0 Å². The smallest absolute Gasteiger partial charge is 0.338 e. The van der Waals surface area contributed by atoms with Gasteiger partial charge in [0.15, 0.2) is 6.29 Å². The van der Waals surface area contributed by atoms with Gasteiger partial charge < -0.3 is 19.3 Å². The van der Waals surface area contributed by atoms with Crippen molar-refractivity contribution in [2.24, 2.45) is 0 Å². The van der Waals surface area contributed by atoms with Crippen LogP contribution in [0.25, 0.3) is 33.3 Å². The predicted octanol–water partition coefficient (Wildman–Crippen LogP) is 6.24. The van der Waals surface area contributed by atoms with Crippen molar-refractivity contribution >= 4 is 28.5 Å². The van der Waals surface area contributed by atoms with Gasteiger partial charge in [-0.15, -0.1) is 0 Å². The summed E-state index contributed by atoms with van der Waals surface area (Å²) in [6.45, 7) is 1.71. The van der Waals surface area contributed by atoms with E-state index in [0.29, 0.717) is 29.8 Å². The van der Waals surface area contributed by atoms with Crippen molar-refractivity contribution in [1.82, 2.24) is 9.97 Å².